The molecule has 0 aliphatic carbocycles. The second kappa shape index (κ2) is 11.0. The molecule has 186 valence electrons. The highest BCUT2D eigenvalue weighted by Crippen LogP contribution is 2.31. The number of carbonyl (C=O) groups is 2. The van der Waals surface area contributed by atoms with Gasteiger partial charge < -0.3 is 10.2 Å². The third kappa shape index (κ3) is 7.61. The molecule has 2 rings (SSSR count). The largest absolute Gasteiger partial charge is 0.350 e. The zero-order chi connectivity index (χ0) is 25.8. The molecule has 0 heterocycles. The van der Waals surface area contributed by atoms with Gasteiger partial charge in [-0.05, 0) is 63.9 Å². The van der Waals surface area contributed by atoms with E-state index in [1.165, 1.54) is 23.1 Å². The second-order valence-electron chi connectivity index (χ2n) is 9.23. The van der Waals surface area contributed by atoms with E-state index in [4.69, 9.17) is 23.2 Å². The highest BCUT2D eigenvalue weighted by Gasteiger charge is 2.32. The van der Waals surface area contributed by atoms with Crippen LogP contribution in [-0.2, 0) is 26.2 Å². The summed E-state index contributed by atoms with van der Waals surface area (Å²) in [6.07, 6.45) is 0.985. The third-order valence-electron chi connectivity index (χ3n) is 5.12. The first kappa shape index (κ1) is 28.0. The van der Waals surface area contributed by atoms with Gasteiger partial charge in [0, 0.05) is 17.1 Å². The van der Waals surface area contributed by atoms with Crippen LogP contribution in [0.4, 0.5) is 5.69 Å². The van der Waals surface area contributed by atoms with Crippen LogP contribution in [0.25, 0.3) is 0 Å². The smallest absolute Gasteiger partial charge is 0.244 e. The first-order valence-electron chi connectivity index (χ1n) is 10.7. The number of aryl methyl sites for hydroxylation is 1. The van der Waals surface area contributed by atoms with Crippen molar-refractivity contribution in [2.75, 3.05) is 17.1 Å². The summed E-state index contributed by atoms with van der Waals surface area (Å²) in [5.74, 6) is -0.901. The van der Waals surface area contributed by atoms with Crippen LogP contribution in [0.3, 0.4) is 0 Å². The summed E-state index contributed by atoms with van der Waals surface area (Å²) in [6, 6.07) is 11.0. The molecule has 10 heteroatoms. The summed E-state index contributed by atoms with van der Waals surface area (Å²) in [4.78, 5) is 27.9. The van der Waals surface area contributed by atoms with Crippen molar-refractivity contribution in [1.29, 1.82) is 0 Å². The Morgan fingerprint density at radius 2 is 1.71 bits per heavy atom. The van der Waals surface area contributed by atoms with Gasteiger partial charge in [0.05, 0.1) is 17.0 Å². The van der Waals surface area contributed by atoms with Crippen LogP contribution in [0.1, 0.15) is 38.8 Å². The van der Waals surface area contributed by atoms with Crippen molar-refractivity contribution in [2.24, 2.45) is 0 Å². The Balaban J connectivity index is 2.47. The Bertz CT molecular complexity index is 1160. The van der Waals surface area contributed by atoms with E-state index in [9.17, 15) is 18.0 Å². The molecule has 7 nitrogen and oxygen atoms in total. The van der Waals surface area contributed by atoms with Gasteiger partial charge in [-0.15, -0.1) is 0 Å². The number of carbonyl (C=O) groups excluding carboxylic acids is 2. The molecular formula is C24H31Cl2N3O4S. The number of rotatable bonds is 8. The van der Waals surface area contributed by atoms with Crippen LogP contribution >= 0.6 is 23.2 Å². The zero-order valence-corrected chi connectivity index (χ0v) is 22.6. The van der Waals surface area contributed by atoms with Gasteiger partial charge >= 0.3 is 0 Å². The van der Waals surface area contributed by atoms with E-state index in [2.05, 4.69) is 5.32 Å². The molecule has 0 saturated heterocycles. The summed E-state index contributed by atoms with van der Waals surface area (Å²) in [5, 5.41) is 3.29. The highest BCUT2D eigenvalue weighted by molar-refractivity contribution is 7.92. The normalized spacial score (nSPS) is 12.7. The first-order valence-corrected chi connectivity index (χ1v) is 13.3. The Labute approximate surface area is 212 Å². The summed E-state index contributed by atoms with van der Waals surface area (Å²) in [7, 11) is -3.90. The van der Waals surface area contributed by atoms with E-state index in [-0.39, 0.29) is 28.2 Å². The maximum Gasteiger partial charge on any atom is 0.244 e. The minimum atomic E-state index is -3.90. The molecule has 2 aromatic rings. The summed E-state index contributed by atoms with van der Waals surface area (Å²) in [6.45, 7) is 8.65. The number of anilines is 1. The molecule has 0 aliphatic heterocycles. The van der Waals surface area contributed by atoms with Gasteiger partial charge in [-0.3, -0.25) is 13.9 Å². The summed E-state index contributed by atoms with van der Waals surface area (Å²) >= 11 is 12.3. The van der Waals surface area contributed by atoms with E-state index in [1.54, 1.807) is 6.92 Å². The molecule has 0 spiro atoms. The predicted molar refractivity (Wildman–Crippen MR) is 138 cm³/mol. The van der Waals surface area contributed by atoms with Gasteiger partial charge in [-0.25, -0.2) is 8.42 Å². The SMILES string of the molecule is Cc1ccccc1CN(C(=O)CN(c1cc(Cl)ccc1Cl)S(C)(=O)=O)[C@H](C)C(=O)NC(C)(C)C. The van der Waals surface area contributed by atoms with Gasteiger partial charge in [0.15, 0.2) is 0 Å². The number of nitrogens with one attached hydrogen (secondary N) is 1. The van der Waals surface area contributed by atoms with Crippen molar-refractivity contribution in [1.82, 2.24) is 10.2 Å². The Kier molecular flexibility index (Phi) is 9.02. The number of nitrogens with zero attached hydrogens (tertiary/aromatic N) is 2. The lowest BCUT2D eigenvalue weighted by molar-refractivity contribution is -0.140. The lowest BCUT2D eigenvalue weighted by Crippen LogP contribution is -2.54. The minimum absolute atomic E-state index is 0.0904. The predicted octanol–water partition coefficient (Wildman–Crippen LogP) is 4.40. The molecule has 1 N–H and O–H groups in total. The molecule has 0 unspecified atom stereocenters. The van der Waals surface area contributed by atoms with Crippen molar-refractivity contribution < 1.29 is 18.0 Å². The van der Waals surface area contributed by atoms with Crippen molar-refractivity contribution in [3.05, 3.63) is 63.6 Å². The van der Waals surface area contributed by atoms with E-state index in [1.807, 2.05) is 52.0 Å². The van der Waals surface area contributed by atoms with Crippen LogP contribution < -0.4 is 9.62 Å². The molecule has 0 aromatic heterocycles. The maximum absolute atomic E-state index is 13.6. The van der Waals surface area contributed by atoms with E-state index in [0.29, 0.717) is 0 Å². The van der Waals surface area contributed by atoms with Crippen LogP contribution in [0.5, 0.6) is 0 Å². The Morgan fingerprint density at radius 1 is 1.09 bits per heavy atom. The molecule has 2 amide bonds. The number of halogens is 2. The lowest BCUT2D eigenvalue weighted by atomic mass is 10.1. The van der Waals surface area contributed by atoms with E-state index < -0.39 is 34.1 Å². The zero-order valence-electron chi connectivity index (χ0n) is 20.2. The number of amides is 2. The second-order valence-corrected chi connectivity index (χ2v) is 12.0. The van der Waals surface area contributed by atoms with Crippen molar-refractivity contribution in [2.45, 2.75) is 52.7 Å². The molecule has 0 aliphatic rings. The maximum atomic E-state index is 13.6. The fourth-order valence-electron chi connectivity index (χ4n) is 3.30. The molecule has 0 radical (unpaired) electrons. The van der Waals surface area contributed by atoms with Gasteiger partial charge in [0.2, 0.25) is 21.8 Å². The van der Waals surface area contributed by atoms with Gasteiger partial charge in [0.25, 0.3) is 0 Å². The Morgan fingerprint density at radius 3 is 2.26 bits per heavy atom. The lowest BCUT2D eigenvalue weighted by Gasteiger charge is -2.33. The number of benzene rings is 2. The fourth-order valence-corrected chi connectivity index (χ4v) is 4.59. The van der Waals surface area contributed by atoms with Crippen LogP contribution in [0, 0.1) is 6.92 Å². The van der Waals surface area contributed by atoms with E-state index >= 15 is 0 Å². The highest BCUT2D eigenvalue weighted by atomic mass is 35.5. The molecule has 2 aromatic carbocycles. The molecule has 1 atom stereocenters. The van der Waals surface area contributed by atoms with Crippen LogP contribution in [0.15, 0.2) is 42.5 Å². The topological polar surface area (TPSA) is 86.8 Å². The van der Waals surface area contributed by atoms with Crippen LogP contribution in [0.2, 0.25) is 10.0 Å². The Hall–Kier alpha value is -2.29. The van der Waals surface area contributed by atoms with Crippen molar-refractivity contribution in [3.8, 4) is 0 Å². The van der Waals surface area contributed by atoms with Gasteiger partial charge in [0.1, 0.15) is 12.6 Å². The average Bonchev–Trinajstić information content (AvgIpc) is 2.70. The molecule has 0 saturated carbocycles. The number of hydrogen-bond acceptors (Lipinski definition) is 4. The van der Waals surface area contributed by atoms with Gasteiger partial charge in [-0.2, -0.15) is 0 Å². The van der Waals surface area contributed by atoms with Crippen LogP contribution in [-0.4, -0.2) is 49.5 Å². The molecule has 0 bridgehead atoms. The van der Waals surface area contributed by atoms with Gasteiger partial charge in [-0.1, -0.05) is 47.5 Å². The average molecular weight is 529 g/mol. The summed E-state index contributed by atoms with van der Waals surface area (Å²) < 4.78 is 26.2. The fraction of sp³-hybridized carbons (Fsp3) is 0.417. The number of hydrogen-bond donors (Lipinski definition) is 1. The minimum Gasteiger partial charge on any atom is -0.350 e. The third-order valence-corrected chi connectivity index (χ3v) is 6.80. The first-order chi connectivity index (χ1) is 15.6. The monoisotopic (exact) mass is 527 g/mol. The quantitative estimate of drug-likeness (QED) is 0.551. The molecular weight excluding hydrogens is 497 g/mol. The van der Waals surface area contributed by atoms with Crippen molar-refractivity contribution >= 4 is 50.7 Å². The standard InChI is InChI=1S/C24H31Cl2N3O4S/c1-16-9-7-8-10-18(16)14-28(17(2)23(31)27-24(3,4)5)22(30)15-29(34(6,32)33)21-13-19(25)11-12-20(21)26/h7-13,17H,14-15H2,1-6H3,(H,27,31)/t17-/m1/s1. The summed E-state index contributed by atoms with van der Waals surface area (Å²) in [5.41, 5.74) is 1.38. The number of sulfonamides is 1. The van der Waals surface area contributed by atoms with Crippen molar-refractivity contribution in [3.63, 3.8) is 0 Å². The molecule has 0 fully saturated rings. The molecule has 34 heavy (non-hydrogen) atoms. The van der Waals surface area contributed by atoms with E-state index in [0.717, 1.165) is 21.7 Å².